The Bertz CT molecular complexity index is 243. The van der Waals surface area contributed by atoms with Crippen LogP contribution in [0.3, 0.4) is 0 Å². The predicted molar refractivity (Wildman–Crippen MR) is 71.0 cm³/mol. The first-order valence-electron chi connectivity index (χ1n) is 6.71. The molecule has 1 saturated heterocycles. The number of hydrogen-bond donors (Lipinski definition) is 1. The molecule has 1 aliphatic rings. The van der Waals surface area contributed by atoms with E-state index < -0.39 is 0 Å². The first-order valence-corrected chi connectivity index (χ1v) is 6.71. The van der Waals surface area contributed by atoms with Gasteiger partial charge >= 0.3 is 0 Å². The molecule has 1 heterocycles. The minimum atomic E-state index is 0.205. The molecule has 4 heteroatoms. The summed E-state index contributed by atoms with van der Waals surface area (Å²) in [6, 6.07) is 0.507. The molecule has 1 fully saturated rings. The van der Waals surface area contributed by atoms with E-state index in [0.29, 0.717) is 18.5 Å². The Morgan fingerprint density at radius 3 is 2.65 bits per heavy atom. The second-order valence-electron chi connectivity index (χ2n) is 5.30. The van der Waals surface area contributed by atoms with E-state index in [1.54, 1.807) is 4.90 Å². The number of nitrogens with one attached hydrogen (secondary N) is 1. The molecule has 0 saturated carbocycles. The van der Waals surface area contributed by atoms with Gasteiger partial charge < -0.3 is 10.2 Å². The van der Waals surface area contributed by atoms with Crippen molar-refractivity contribution in [3.8, 4) is 0 Å². The van der Waals surface area contributed by atoms with Gasteiger partial charge in [-0.2, -0.15) is 0 Å². The summed E-state index contributed by atoms with van der Waals surface area (Å²) in [7, 11) is 3.66. The van der Waals surface area contributed by atoms with E-state index in [2.05, 4.69) is 24.1 Å². The number of hydrogen-bond acceptors (Lipinski definition) is 3. The van der Waals surface area contributed by atoms with Crippen molar-refractivity contribution in [2.75, 3.05) is 40.3 Å². The summed E-state index contributed by atoms with van der Waals surface area (Å²) in [6.45, 7) is 8.16. The maximum absolute atomic E-state index is 11.8. The topological polar surface area (TPSA) is 35.6 Å². The Kier molecular flexibility index (Phi) is 5.92. The summed E-state index contributed by atoms with van der Waals surface area (Å²) in [5.41, 5.74) is 0. The van der Waals surface area contributed by atoms with Gasteiger partial charge in [0.25, 0.3) is 0 Å². The number of amides is 1. The molecule has 4 nitrogen and oxygen atoms in total. The largest absolute Gasteiger partial charge is 0.348 e. The second kappa shape index (κ2) is 6.97. The molecule has 100 valence electrons. The lowest BCUT2D eigenvalue weighted by atomic mass is 9.93. The number of piperidine rings is 1. The van der Waals surface area contributed by atoms with Crippen LogP contribution in [-0.2, 0) is 4.79 Å². The summed E-state index contributed by atoms with van der Waals surface area (Å²) in [5, 5.41) is 3.44. The van der Waals surface area contributed by atoms with Crippen LogP contribution in [0.15, 0.2) is 0 Å². The third kappa shape index (κ3) is 4.28. The summed E-state index contributed by atoms with van der Waals surface area (Å²) >= 11 is 0. The molecule has 17 heavy (non-hydrogen) atoms. The molecule has 0 bridgehead atoms. The molecule has 0 aromatic rings. The van der Waals surface area contributed by atoms with Crippen molar-refractivity contribution >= 4 is 5.91 Å². The van der Waals surface area contributed by atoms with Crippen LogP contribution in [0.4, 0.5) is 0 Å². The molecule has 0 spiro atoms. The van der Waals surface area contributed by atoms with Gasteiger partial charge in [-0.15, -0.1) is 0 Å². The Balaban J connectivity index is 2.60. The van der Waals surface area contributed by atoms with Gasteiger partial charge in [-0.3, -0.25) is 9.69 Å². The van der Waals surface area contributed by atoms with Gasteiger partial charge in [0.1, 0.15) is 0 Å². The SMILES string of the molecule is CCCN(CC(=O)N(C)C)C1CNCCC1C. The zero-order valence-electron chi connectivity index (χ0n) is 11.7. The van der Waals surface area contributed by atoms with Gasteiger partial charge in [0.05, 0.1) is 6.54 Å². The quantitative estimate of drug-likeness (QED) is 0.773. The minimum absolute atomic E-state index is 0.205. The van der Waals surface area contributed by atoms with E-state index >= 15 is 0 Å². The van der Waals surface area contributed by atoms with E-state index in [1.165, 1.54) is 6.42 Å². The summed E-state index contributed by atoms with van der Waals surface area (Å²) in [4.78, 5) is 15.9. The Morgan fingerprint density at radius 1 is 1.41 bits per heavy atom. The number of carbonyl (C=O) groups is 1. The highest BCUT2D eigenvalue weighted by Crippen LogP contribution is 2.18. The highest BCUT2D eigenvalue weighted by molar-refractivity contribution is 5.77. The first-order chi connectivity index (χ1) is 8.06. The van der Waals surface area contributed by atoms with Crippen LogP contribution in [0.2, 0.25) is 0 Å². The zero-order chi connectivity index (χ0) is 12.8. The van der Waals surface area contributed by atoms with Gasteiger partial charge in [-0.1, -0.05) is 13.8 Å². The molecule has 1 amide bonds. The standard InChI is InChI=1S/C13H27N3O/c1-5-8-16(10-13(17)15(3)4)12-9-14-7-6-11(12)2/h11-12,14H,5-10H2,1-4H3. The minimum Gasteiger partial charge on any atom is -0.348 e. The molecule has 0 aromatic heterocycles. The van der Waals surface area contributed by atoms with Crippen LogP contribution in [0.25, 0.3) is 0 Å². The molecule has 2 unspecified atom stereocenters. The van der Waals surface area contributed by atoms with E-state index in [0.717, 1.165) is 26.1 Å². The highest BCUT2D eigenvalue weighted by Gasteiger charge is 2.28. The monoisotopic (exact) mass is 241 g/mol. The van der Waals surface area contributed by atoms with Crippen molar-refractivity contribution in [1.82, 2.24) is 15.1 Å². The Hall–Kier alpha value is -0.610. The molecular formula is C13H27N3O. The van der Waals surface area contributed by atoms with Gasteiger partial charge in [-0.05, 0) is 31.8 Å². The summed E-state index contributed by atoms with van der Waals surface area (Å²) in [6.07, 6.45) is 2.31. The maximum Gasteiger partial charge on any atom is 0.236 e. The summed E-state index contributed by atoms with van der Waals surface area (Å²) in [5.74, 6) is 0.883. The molecule has 0 aromatic carbocycles. The molecule has 1 N–H and O–H groups in total. The van der Waals surface area contributed by atoms with Crippen molar-refractivity contribution in [3.05, 3.63) is 0 Å². The smallest absolute Gasteiger partial charge is 0.236 e. The predicted octanol–water partition coefficient (Wildman–Crippen LogP) is 0.785. The Labute approximate surface area is 105 Å². The number of nitrogens with zero attached hydrogens (tertiary/aromatic N) is 2. The first kappa shape index (κ1) is 14.5. The van der Waals surface area contributed by atoms with E-state index in [9.17, 15) is 4.79 Å². The van der Waals surface area contributed by atoms with Crippen molar-refractivity contribution < 1.29 is 4.79 Å². The van der Waals surface area contributed by atoms with Crippen LogP contribution in [-0.4, -0.2) is 62.0 Å². The number of likely N-dealkylation sites (N-methyl/N-ethyl adjacent to an activating group) is 1. The third-order valence-electron chi connectivity index (χ3n) is 3.60. The third-order valence-corrected chi connectivity index (χ3v) is 3.60. The lowest BCUT2D eigenvalue weighted by Gasteiger charge is -2.38. The molecule has 1 aliphatic heterocycles. The van der Waals surface area contributed by atoms with Gasteiger partial charge in [-0.25, -0.2) is 0 Å². The average Bonchev–Trinajstić information content (AvgIpc) is 2.29. The zero-order valence-corrected chi connectivity index (χ0v) is 11.7. The van der Waals surface area contributed by atoms with Crippen molar-refractivity contribution in [1.29, 1.82) is 0 Å². The lowest BCUT2D eigenvalue weighted by Crippen LogP contribution is -2.53. The fourth-order valence-corrected chi connectivity index (χ4v) is 2.43. The van der Waals surface area contributed by atoms with E-state index in [4.69, 9.17) is 0 Å². The van der Waals surface area contributed by atoms with Crippen LogP contribution >= 0.6 is 0 Å². The Morgan fingerprint density at radius 2 is 2.12 bits per heavy atom. The van der Waals surface area contributed by atoms with Crippen LogP contribution < -0.4 is 5.32 Å². The molecule has 2 atom stereocenters. The normalized spacial score (nSPS) is 25.0. The fraction of sp³-hybridized carbons (Fsp3) is 0.923. The van der Waals surface area contributed by atoms with E-state index in [-0.39, 0.29) is 5.91 Å². The van der Waals surface area contributed by atoms with E-state index in [1.807, 2.05) is 14.1 Å². The average molecular weight is 241 g/mol. The van der Waals surface area contributed by atoms with Gasteiger partial charge in [0, 0.05) is 26.7 Å². The second-order valence-corrected chi connectivity index (χ2v) is 5.30. The number of carbonyl (C=O) groups excluding carboxylic acids is 1. The fourth-order valence-electron chi connectivity index (χ4n) is 2.43. The van der Waals surface area contributed by atoms with Crippen molar-refractivity contribution in [3.63, 3.8) is 0 Å². The van der Waals surface area contributed by atoms with Crippen LogP contribution in [0.5, 0.6) is 0 Å². The van der Waals surface area contributed by atoms with Gasteiger partial charge in [0.15, 0.2) is 0 Å². The van der Waals surface area contributed by atoms with Crippen molar-refractivity contribution in [2.24, 2.45) is 5.92 Å². The molecular weight excluding hydrogens is 214 g/mol. The number of rotatable bonds is 5. The molecule has 0 radical (unpaired) electrons. The molecule has 1 rings (SSSR count). The van der Waals surface area contributed by atoms with Crippen LogP contribution in [0, 0.1) is 5.92 Å². The van der Waals surface area contributed by atoms with Crippen LogP contribution in [0.1, 0.15) is 26.7 Å². The highest BCUT2D eigenvalue weighted by atomic mass is 16.2. The molecule has 0 aliphatic carbocycles. The lowest BCUT2D eigenvalue weighted by molar-refractivity contribution is -0.130. The maximum atomic E-state index is 11.8. The van der Waals surface area contributed by atoms with Crippen molar-refractivity contribution in [2.45, 2.75) is 32.7 Å². The summed E-state index contributed by atoms with van der Waals surface area (Å²) < 4.78 is 0. The van der Waals surface area contributed by atoms with Gasteiger partial charge in [0.2, 0.25) is 5.91 Å².